The van der Waals surface area contributed by atoms with Crippen LogP contribution >= 0.6 is 11.6 Å². The lowest BCUT2D eigenvalue weighted by Gasteiger charge is -2.20. The van der Waals surface area contributed by atoms with Crippen molar-refractivity contribution in [2.45, 2.75) is 51.9 Å². The highest BCUT2D eigenvalue weighted by molar-refractivity contribution is 6.33. The summed E-state index contributed by atoms with van der Waals surface area (Å²) in [5.74, 6) is 0.770. The van der Waals surface area contributed by atoms with E-state index in [4.69, 9.17) is 16.6 Å². The zero-order valence-corrected chi connectivity index (χ0v) is 15.1. The highest BCUT2D eigenvalue weighted by atomic mass is 35.5. The van der Waals surface area contributed by atoms with E-state index in [9.17, 15) is 0 Å². The van der Waals surface area contributed by atoms with Gasteiger partial charge in [-0.05, 0) is 42.4 Å². The summed E-state index contributed by atoms with van der Waals surface area (Å²) in [6, 6.07) is 0. The Balaban J connectivity index is 2.10. The molecule has 3 heterocycles. The predicted octanol–water partition coefficient (Wildman–Crippen LogP) is 3.70. The first-order valence-electron chi connectivity index (χ1n) is 8.65. The predicted molar refractivity (Wildman–Crippen MR) is 95.3 cm³/mol. The third kappa shape index (κ3) is 2.82. The molecule has 8 heteroatoms. The van der Waals surface area contributed by atoms with Crippen LogP contribution in [0.4, 0.5) is 0 Å². The van der Waals surface area contributed by atoms with E-state index in [1.807, 2.05) is 0 Å². The van der Waals surface area contributed by atoms with Gasteiger partial charge in [-0.25, -0.2) is 0 Å². The number of aryl methyl sites for hydroxylation is 1. The summed E-state index contributed by atoms with van der Waals surface area (Å²) >= 11 is 6.44. The Morgan fingerprint density at radius 3 is 2.64 bits per heavy atom. The molecule has 0 saturated heterocycles. The monoisotopic (exact) mass is 357 g/mol. The average Bonchev–Trinajstić information content (AvgIpc) is 3.20. The van der Waals surface area contributed by atoms with Gasteiger partial charge in [-0.3, -0.25) is 10.1 Å². The highest BCUT2D eigenvalue weighted by Gasteiger charge is 2.28. The van der Waals surface area contributed by atoms with Crippen molar-refractivity contribution in [3.63, 3.8) is 0 Å². The molecule has 25 heavy (non-hydrogen) atoms. The molecule has 7 nitrogen and oxygen atoms in total. The average molecular weight is 358 g/mol. The van der Waals surface area contributed by atoms with Crippen LogP contribution in [0.2, 0.25) is 5.02 Å². The summed E-state index contributed by atoms with van der Waals surface area (Å²) in [5, 5.41) is 22.6. The van der Waals surface area contributed by atoms with Crippen LogP contribution < -0.4 is 0 Å². The summed E-state index contributed by atoms with van der Waals surface area (Å²) in [7, 11) is 0. The van der Waals surface area contributed by atoms with Crippen LogP contribution in [0.25, 0.3) is 22.6 Å². The maximum Gasteiger partial charge on any atom is 0.207 e. The largest absolute Gasteiger partial charge is 0.276 e. The molecule has 0 unspecified atom stereocenters. The normalized spacial score (nSPS) is 14.6. The van der Waals surface area contributed by atoms with Gasteiger partial charge in [-0.1, -0.05) is 31.9 Å². The third-order valence-corrected chi connectivity index (χ3v) is 5.00. The number of hydrogen-bond donors (Lipinski definition) is 2. The molecule has 0 atom stereocenters. The minimum atomic E-state index is 0.225. The van der Waals surface area contributed by atoms with Gasteiger partial charge in [0, 0.05) is 11.3 Å². The van der Waals surface area contributed by atoms with Crippen molar-refractivity contribution in [2.75, 3.05) is 0 Å². The van der Waals surface area contributed by atoms with Gasteiger partial charge >= 0.3 is 0 Å². The molecule has 0 bridgehead atoms. The van der Waals surface area contributed by atoms with Crippen molar-refractivity contribution in [3.8, 4) is 22.6 Å². The number of H-pyrrole nitrogens is 2. The molecule has 0 saturated carbocycles. The fourth-order valence-electron chi connectivity index (χ4n) is 3.57. The summed E-state index contributed by atoms with van der Waals surface area (Å²) < 4.78 is 0. The Bertz CT molecular complexity index is 883. The van der Waals surface area contributed by atoms with Crippen LogP contribution in [0.3, 0.4) is 0 Å². The molecule has 1 aliphatic rings. The van der Waals surface area contributed by atoms with E-state index in [0.717, 1.165) is 53.9 Å². The van der Waals surface area contributed by atoms with E-state index in [1.54, 1.807) is 6.20 Å². The lowest BCUT2D eigenvalue weighted by atomic mass is 9.89. The maximum atomic E-state index is 6.44. The van der Waals surface area contributed by atoms with Crippen LogP contribution in [0.1, 0.15) is 56.0 Å². The van der Waals surface area contributed by atoms with Gasteiger partial charge in [-0.2, -0.15) is 10.3 Å². The van der Waals surface area contributed by atoms with Gasteiger partial charge in [0.2, 0.25) is 5.82 Å². The first-order valence-corrected chi connectivity index (χ1v) is 9.03. The van der Waals surface area contributed by atoms with Gasteiger partial charge in [0.1, 0.15) is 0 Å². The second-order valence-corrected chi connectivity index (χ2v) is 7.12. The number of hydrogen-bond acceptors (Lipinski definition) is 5. The molecule has 130 valence electrons. The molecule has 4 rings (SSSR count). The lowest BCUT2D eigenvalue weighted by Crippen LogP contribution is -2.09. The molecule has 1 aliphatic carbocycles. The molecule has 0 radical (unpaired) electrons. The molecule has 2 N–H and O–H groups in total. The molecular formula is C17H20ClN7. The number of fused-ring (bicyclic) bond motifs is 1. The SMILES string of the molecule is CC(C)c1nc2c(c(-c3[nH]ncc3Cl)c1-c1nn[nH]n1)CCCCC2. The molecule has 0 spiro atoms. The number of rotatable bonds is 3. The summed E-state index contributed by atoms with van der Waals surface area (Å²) in [6.07, 6.45) is 7.10. The van der Waals surface area contributed by atoms with E-state index >= 15 is 0 Å². The standard InChI is InChI=1S/C17H20ClN7/c1-9(2)15-14(17-22-24-25-23-17)13(16-11(18)8-19-21-16)10-6-4-3-5-7-12(10)20-15/h8-9H,3-7H2,1-2H3,(H,19,21)(H,22,23,24,25). The molecule has 3 aromatic heterocycles. The van der Waals surface area contributed by atoms with Gasteiger partial charge < -0.3 is 0 Å². The Kier molecular flexibility index (Phi) is 4.25. The first kappa shape index (κ1) is 16.2. The summed E-state index contributed by atoms with van der Waals surface area (Å²) in [6.45, 7) is 4.26. The Hall–Kier alpha value is -2.28. The number of tetrazole rings is 1. The van der Waals surface area contributed by atoms with Crippen LogP contribution in [0, 0.1) is 0 Å². The van der Waals surface area contributed by atoms with E-state index in [-0.39, 0.29) is 5.92 Å². The molecular weight excluding hydrogens is 338 g/mol. The second kappa shape index (κ2) is 6.55. The molecule has 0 fully saturated rings. The Morgan fingerprint density at radius 2 is 1.96 bits per heavy atom. The minimum Gasteiger partial charge on any atom is -0.276 e. The van der Waals surface area contributed by atoms with Crippen molar-refractivity contribution >= 4 is 11.6 Å². The molecule has 3 aromatic rings. The number of halogens is 1. The fraction of sp³-hybridized carbons (Fsp3) is 0.471. The van der Waals surface area contributed by atoms with Crippen LogP contribution in [0.15, 0.2) is 6.20 Å². The van der Waals surface area contributed by atoms with Crippen LogP contribution in [-0.2, 0) is 12.8 Å². The fourth-order valence-corrected chi connectivity index (χ4v) is 3.76. The van der Waals surface area contributed by atoms with Gasteiger partial charge in [0.05, 0.1) is 28.2 Å². The van der Waals surface area contributed by atoms with Gasteiger partial charge in [0.25, 0.3) is 0 Å². The van der Waals surface area contributed by atoms with E-state index < -0.39 is 0 Å². The number of aromatic amines is 2. The number of aromatic nitrogens is 7. The quantitative estimate of drug-likeness (QED) is 0.697. The molecule has 0 aliphatic heterocycles. The Morgan fingerprint density at radius 1 is 1.12 bits per heavy atom. The van der Waals surface area contributed by atoms with Crippen LogP contribution in [0.5, 0.6) is 0 Å². The first-order chi connectivity index (χ1) is 12.2. The topological polar surface area (TPSA) is 96.0 Å². The van der Waals surface area contributed by atoms with E-state index in [0.29, 0.717) is 10.8 Å². The second-order valence-electron chi connectivity index (χ2n) is 6.72. The van der Waals surface area contributed by atoms with Gasteiger partial charge in [0.15, 0.2) is 0 Å². The molecule has 0 aromatic carbocycles. The number of pyridine rings is 1. The van der Waals surface area contributed by atoms with Gasteiger partial charge in [-0.15, -0.1) is 10.2 Å². The minimum absolute atomic E-state index is 0.225. The highest BCUT2D eigenvalue weighted by Crippen LogP contribution is 2.42. The maximum absolute atomic E-state index is 6.44. The summed E-state index contributed by atoms with van der Waals surface area (Å²) in [4.78, 5) is 5.03. The van der Waals surface area contributed by atoms with Crippen molar-refractivity contribution in [1.29, 1.82) is 0 Å². The zero-order valence-electron chi connectivity index (χ0n) is 14.3. The lowest BCUT2D eigenvalue weighted by molar-refractivity contribution is 0.706. The number of nitrogens with zero attached hydrogens (tertiary/aromatic N) is 5. The van der Waals surface area contributed by atoms with Crippen LogP contribution in [-0.4, -0.2) is 35.8 Å². The van der Waals surface area contributed by atoms with Crippen molar-refractivity contribution in [1.82, 2.24) is 35.8 Å². The summed E-state index contributed by atoms with van der Waals surface area (Å²) in [5.41, 5.74) is 6.10. The smallest absolute Gasteiger partial charge is 0.207 e. The van der Waals surface area contributed by atoms with Crippen molar-refractivity contribution in [3.05, 3.63) is 28.2 Å². The van der Waals surface area contributed by atoms with Crippen molar-refractivity contribution < 1.29 is 0 Å². The third-order valence-electron chi connectivity index (χ3n) is 4.71. The zero-order chi connectivity index (χ0) is 17.4. The number of nitrogens with one attached hydrogen (secondary N) is 2. The van der Waals surface area contributed by atoms with E-state index in [2.05, 4.69) is 44.7 Å². The van der Waals surface area contributed by atoms with E-state index in [1.165, 1.54) is 12.0 Å². The van der Waals surface area contributed by atoms with Crippen molar-refractivity contribution in [2.24, 2.45) is 0 Å². The Labute approximate surface area is 150 Å². The molecule has 0 amide bonds.